The Morgan fingerprint density at radius 3 is 1.17 bits per heavy atom. The Kier molecular flexibility index (Phi) is 8.16. The molecule has 0 aromatic heterocycles. The number of aliphatic hydroxyl groups excluding tert-OH is 1. The molecule has 0 fully saturated rings. The van der Waals surface area contributed by atoms with Crippen LogP contribution in [0.25, 0.3) is 33.4 Å². The highest BCUT2D eigenvalue weighted by molar-refractivity contribution is 6.02. The fourth-order valence-corrected chi connectivity index (χ4v) is 7.73. The first-order chi connectivity index (χ1) is 25.8. The lowest BCUT2D eigenvalue weighted by atomic mass is 9.85. The van der Waals surface area contributed by atoms with Gasteiger partial charge < -0.3 is 14.9 Å². The molecule has 1 aliphatic rings. The van der Waals surface area contributed by atoms with Crippen molar-refractivity contribution < 1.29 is 5.11 Å². The minimum absolute atomic E-state index is 0.789. The molecule has 1 atom stereocenters. The average molecular weight is 669 g/mol. The second-order valence-corrected chi connectivity index (χ2v) is 13.0. The number of anilines is 6. The van der Waals surface area contributed by atoms with Gasteiger partial charge in [0.25, 0.3) is 0 Å². The van der Waals surface area contributed by atoms with Crippen LogP contribution in [0.3, 0.4) is 0 Å². The molecule has 3 nitrogen and oxygen atoms in total. The number of para-hydroxylation sites is 6. The van der Waals surface area contributed by atoms with Crippen molar-refractivity contribution in [3.8, 4) is 33.4 Å². The second-order valence-electron chi connectivity index (χ2n) is 13.0. The molecule has 0 spiro atoms. The summed E-state index contributed by atoms with van der Waals surface area (Å²) in [7, 11) is 0. The highest BCUT2D eigenvalue weighted by Gasteiger charge is 2.33. The van der Waals surface area contributed by atoms with Gasteiger partial charge in [0.1, 0.15) is 6.10 Å². The number of aliphatic hydroxyl groups is 1. The minimum Gasteiger partial charge on any atom is -0.384 e. The molecule has 1 aliphatic carbocycles. The van der Waals surface area contributed by atoms with Crippen LogP contribution < -0.4 is 9.80 Å². The zero-order valence-corrected chi connectivity index (χ0v) is 28.5. The van der Waals surface area contributed by atoms with Gasteiger partial charge in [0.2, 0.25) is 0 Å². The van der Waals surface area contributed by atoms with E-state index in [1.54, 1.807) is 0 Å². The first kappa shape index (κ1) is 31.3. The topological polar surface area (TPSA) is 26.7 Å². The van der Waals surface area contributed by atoms with Crippen molar-refractivity contribution >= 4 is 34.1 Å². The smallest absolute Gasteiger partial charge is 0.106 e. The van der Waals surface area contributed by atoms with Gasteiger partial charge in [0.15, 0.2) is 0 Å². The van der Waals surface area contributed by atoms with Crippen molar-refractivity contribution in [2.75, 3.05) is 9.80 Å². The normalized spacial score (nSPS) is 12.9. The molecular weight excluding hydrogens is 633 g/mol. The Bertz CT molecular complexity index is 2400. The van der Waals surface area contributed by atoms with Crippen LogP contribution in [0.4, 0.5) is 34.1 Å². The summed E-state index contributed by atoms with van der Waals surface area (Å²) in [6.45, 7) is 0. The largest absolute Gasteiger partial charge is 0.384 e. The quantitative estimate of drug-likeness (QED) is 0.175. The zero-order valence-electron chi connectivity index (χ0n) is 28.5. The molecule has 8 aromatic carbocycles. The Labute approximate surface area is 305 Å². The standard InChI is InChI=1S/C49H36N2O/c52-49-43-29-14-13-27-39(43)41-33-34-42(40-28-15-17-31-45(40)50(35-19-5-1-6-20-35)36-21-7-2-8-22-36)47(48(41)49)44-30-16-18-32-46(44)51(37-23-9-3-10-24-37)38-25-11-4-12-26-38/h1-34,49,52H. The minimum atomic E-state index is -0.789. The van der Waals surface area contributed by atoms with Gasteiger partial charge in [0, 0.05) is 39.4 Å². The third-order valence-electron chi connectivity index (χ3n) is 9.97. The Balaban J connectivity index is 1.35. The average Bonchev–Trinajstić information content (AvgIpc) is 3.51. The van der Waals surface area contributed by atoms with Gasteiger partial charge in [0.05, 0.1) is 11.4 Å². The number of rotatable bonds is 8. The molecule has 0 aliphatic heterocycles. The predicted octanol–water partition coefficient (Wildman–Crippen LogP) is 13.0. The van der Waals surface area contributed by atoms with Gasteiger partial charge in [-0.3, -0.25) is 0 Å². The Morgan fingerprint density at radius 1 is 0.308 bits per heavy atom. The van der Waals surface area contributed by atoms with Gasteiger partial charge in [-0.2, -0.15) is 0 Å². The van der Waals surface area contributed by atoms with Crippen LogP contribution in [0.5, 0.6) is 0 Å². The van der Waals surface area contributed by atoms with Gasteiger partial charge >= 0.3 is 0 Å². The third kappa shape index (κ3) is 5.45. The fourth-order valence-electron chi connectivity index (χ4n) is 7.73. The van der Waals surface area contributed by atoms with Gasteiger partial charge in [-0.25, -0.2) is 0 Å². The van der Waals surface area contributed by atoms with Crippen LogP contribution in [0.15, 0.2) is 206 Å². The molecule has 9 rings (SSSR count). The highest BCUT2D eigenvalue weighted by Crippen LogP contribution is 2.54. The van der Waals surface area contributed by atoms with Gasteiger partial charge in [-0.1, -0.05) is 146 Å². The summed E-state index contributed by atoms with van der Waals surface area (Å²) in [5, 5.41) is 12.3. The molecule has 1 N–H and O–H groups in total. The van der Waals surface area contributed by atoms with Crippen LogP contribution in [0, 0.1) is 0 Å². The lowest BCUT2D eigenvalue weighted by molar-refractivity contribution is 0.226. The second kappa shape index (κ2) is 13.6. The maximum atomic E-state index is 12.3. The van der Waals surface area contributed by atoms with Crippen LogP contribution in [0.2, 0.25) is 0 Å². The van der Waals surface area contributed by atoms with E-state index < -0.39 is 6.10 Å². The van der Waals surface area contributed by atoms with E-state index in [0.717, 1.165) is 78.6 Å². The highest BCUT2D eigenvalue weighted by atomic mass is 16.3. The van der Waals surface area contributed by atoms with E-state index >= 15 is 0 Å². The molecule has 0 radical (unpaired) electrons. The molecule has 0 saturated heterocycles. The van der Waals surface area contributed by atoms with Crippen LogP contribution >= 0.6 is 0 Å². The SMILES string of the molecule is OC1c2ccccc2-c2ccc(-c3ccccc3N(c3ccccc3)c3ccccc3)c(-c3ccccc3N(c3ccccc3)c3ccccc3)c21. The van der Waals surface area contributed by atoms with Crippen molar-refractivity contribution in [2.24, 2.45) is 0 Å². The summed E-state index contributed by atoms with van der Waals surface area (Å²) in [5.74, 6) is 0. The molecule has 8 aromatic rings. The van der Waals surface area contributed by atoms with E-state index in [1.807, 2.05) is 6.07 Å². The number of nitrogens with zero attached hydrogens (tertiary/aromatic N) is 2. The maximum absolute atomic E-state index is 12.3. The van der Waals surface area contributed by atoms with Crippen molar-refractivity contribution in [2.45, 2.75) is 6.10 Å². The summed E-state index contributed by atoms with van der Waals surface area (Å²) in [6.07, 6.45) is -0.789. The van der Waals surface area contributed by atoms with Crippen LogP contribution in [-0.4, -0.2) is 5.11 Å². The summed E-state index contributed by atoms with van der Waals surface area (Å²) >= 11 is 0. The molecule has 0 saturated carbocycles. The number of fused-ring (bicyclic) bond motifs is 3. The fraction of sp³-hybridized carbons (Fsp3) is 0.0204. The van der Waals surface area contributed by atoms with Gasteiger partial charge in [-0.05, 0) is 88.5 Å². The molecule has 0 bridgehead atoms. The summed E-state index contributed by atoms with van der Waals surface area (Å²) in [5.41, 5.74) is 14.5. The van der Waals surface area contributed by atoms with Gasteiger partial charge in [-0.15, -0.1) is 0 Å². The monoisotopic (exact) mass is 668 g/mol. The van der Waals surface area contributed by atoms with E-state index in [1.165, 1.54) is 0 Å². The molecule has 3 heteroatoms. The number of hydrogen-bond donors (Lipinski definition) is 1. The molecule has 1 unspecified atom stereocenters. The molecular formula is C49H36N2O. The van der Waals surface area contributed by atoms with E-state index in [-0.39, 0.29) is 0 Å². The third-order valence-corrected chi connectivity index (χ3v) is 9.97. The summed E-state index contributed by atoms with van der Waals surface area (Å²) < 4.78 is 0. The van der Waals surface area contributed by atoms with Crippen molar-refractivity contribution in [1.29, 1.82) is 0 Å². The lowest BCUT2D eigenvalue weighted by Gasteiger charge is -2.31. The lowest BCUT2D eigenvalue weighted by Crippen LogP contribution is -2.13. The Morgan fingerprint density at radius 2 is 0.673 bits per heavy atom. The summed E-state index contributed by atoms with van der Waals surface area (Å²) in [4.78, 5) is 4.64. The van der Waals surface area contributed by atoms with E-state index in [4.69, 9.17) is 0 Å². The van der Waals surface area contributed by atoms with Crippen LogP contribution in [-0.2, 0) is 0 Å². The first-order valence-electron chi connectivity index (χ1n) is 17.7. The van der Waals surface area contributed by atoms with Crippen LogP contribution in [0.1, 0.15) is 17.2 Å². The summed E-state index contributed by atoms with van der Waals surface area (Å²) in [6, 6.07) is 72.0. The maximum Gasteiger partial charge on any atom is 0.106 e. The van der Waals surface area contributed by atoms with Crippen molar-refractivity contribution in [1.82, 2.24) is 0 Å². The van der Waals surface area contributed by atoms with Crippen molar-refractivity contribution in [3.05, 3.63) is 217 Å². The van der Waals surface area contributed by atoms with E-state index in [0.29, 0.717) is 0 Å². The van der Waals surface area contributed by atoms with E-state index in [2.05, 4.69) is 210 Å². The number of benzene rings is 8. The predicted molar refractivity (Wildman–Crippen MR) is 216 cm³/mol. The molecule has 52 heavy (non-hydrogen) atoms. The first-order valence-corrected chi connectivity index (χ1v) is 17.7. The van der Waals surface area contributed by atoms with Crippen molar-refractivity contribution in [3.63, 3.8) is 0 Å². The van der Waals surface area contributed by atoms with E-state index in [9.17, 15) is 5.11 Å². The molecule has 0 amide bonds. The zero-order chi connectivity index (χ0) is 34.9. The number of hydrogen-bond acceptors (Lipinski definition) is 3. The Hall–Kier alpha value is -6.68. The molecule has 0 heterocycles. The molecule has 248 valence electrons.